The number of rotatable bonds is 4. The van der Waals surface area contributed by atoms with Crippen molar-refractivity contribution < 1.29 is 9.90 Å². The molecule has 0 bridgehead atoms. The van der Waals surface area contributed by atoms with E-state index in [0.29, 0.717) is 13.0 Å². The van der Waals surface area contributed by atoms with E-state index in [1.54, 1.807) is 0 Å². The summed E-state index contributed by atoms with van der Waals surface area (Å²) in [6.07, 6.45) is 0.485. The molecule has 1 aromatic rings. The molecule has 1 rings (SSSR count). The van der Waals surface area contributed by atoms with E-state index in [9.17, 15) is 4.79 Å². The topological polar surface area (TPSA) is 63.3 Å². The molecule has 0 aliphatic carbocycles. The van der Waals surface area contributed by atoms with Crippen LogP contribution in [-0.4, -0.2) is 47.2 Å². The molecule has 1 unspecified atom stereocenters. The maximum atomic E-state index is 10.8. The number of carboxylic acids is 1. The van der Waals surface area contributed by atoms with Crippen molar-refractivity contribution in [3.63, 3.8) is 0 Å². The van der Waals surface area contributed by atoms with Crippen LogP contribution in [0.5, 0.6) is 0 Å². The Morgan fingerprint density at radius 2 is 1.93 bits per heavy atom. The van der Waals surface area contributed by atoms with Crippen LogP contribution in [0.15, 0.2) is 30.3 Å². The number of hydrogen-bond donors (Lipinski definition) is 2. The summed E-state index contributed by atoms with van der Waals surface area (Å²) in [7, 11) is 0. The van der Waals surface area contributed by atoms with Crippen LogP contribution in [-0.2, 0) is 4.79 Å². The molecule has 14 heavy (non-hydrogen) atoms. The Hall–Kier alpha value is -0.350. The minimum absolute atomic E-state index is 0. The van der Waals surface area contributed by atoms with Crippen LogP contribution in [0.1, 0.15) is 17.9 Å². The van der Waals surface area contributed by atoms with Crippen LogP contribution in [0.2, 0.25) is 0 Å². The molecule has 0 saturated heterocycles. The van der Waals surface area contributed by atoms with Crippen molar-refractivity contribution in [1.82, 2.24) is 0 Å². The Morgan fingerprint density at radius 3 is 2.36 bits per heavy atom. The summed E-state index contributed by atoms with van der Waals surface area (Å²) in [5, 5.41) is 8.90. The van der Waals surface area contributed by atoms with Crippen molar-refractivity contribution in [1.29, 1.82) is 0 Å². The molecular weight excluding hydrogens is 189 g/mol. The van der Waals surface area contributed by atoms with Crippen molar-refractivity contribution in [3.05, 3.63) is 35.9 Å². The second-order valence-electron chi connectivity index (χ2n) is 2.88. The molecule has 0 aliphatic heterocycles. The van der Waals surface area contributed by atoms with E-state index in [4.69, 9.17) is 10.8 Å². The van der Waals surface area contributed by atoms with Crippen molar-refractivity contribution in [2.24, 2.45) is 5.73 Å². The van der Waals surface area contributed by atoms with E-state index in [1.807, 2.05) is 30.3 Å². The number of nitrogens with two attached hydrogens (primary N) is 1. The Morgan fingerprint density at radius 1 is 1.36 bits per heavy atom. The number of aliphatic carboxylic acids is 1. The molecule has 0 saturated carbocycles. The van der Waals surface area contributed by atoms with E-state index in [2.05, 4.69) is 0 Å². The standard InChI is InChI=1S/C10H13NO2.Na.H/c11-7-6-9(10(12)13)8-4-2-1-3-5-8;;/h1-5,9H,6-7,11H2,(H,12,13);;. The Kier molecular flexibility index (Phi) is 6.83. The van der Waals surface area contributed by atoms with Gasteiger partial charge in [-0.05, 0) is 18.5 Å². The molecular formula is C10H14NNaO2. The van der Waals surface area contributed by atoms with E-state index in [1.165, 1.54) is 0 Å². The maximum absolute atomic E-state index is 10.8. The zero-order valence-corrected chi connectivity index (χ0v) is 7.31. The van der Waals surface area contributed by atoms with Crippen LogP contribution in [0.4, 0.5) is 0 Å². The molecule has 72 valence electrons. The van der Waals surface area contributed by atoms with Gasteiger partial charge in [0.15, 0.2) is 0 Å². The van der Waals surface area contributed by atoms with E-state index in [0.717, 1.165) is 5.56 Å². The van der Waals surface area contributed by atoms with Crippen molar-refractivity contribution in [2.75, 3.05) is 6.54 Å². The van der Waals surface area contributed by atoms with Crippen molar-refractivity contribution >= 4 is 35.5 Å². The zero-order valence-electron chi connectivity index (χ0n) is 7.31. The van der Waals surface area contributed by atoms with Crippen LogP contribution in [0, 0.1) is 0 Å². The first-order valence-corrected chi connectivity index (χ1v) is 4.23. The molecule has 1 atom stereocenters. The summed E-state index contributed by atoms with van der Waals surface area (Å²) in [5.74, 6) is -1.28. The van der Waals surface area contributed by atoms with Gasteiger partial charge < -0.3 is 10.8 Å². The molecule has 0 fully saturated rings. The average molecular weight is 203 g/mol. The quantitative estimate of drug-likeness (QED) is 0.702. The predicted molar refractivity (Wildman–Crippen MR) is 57.6 cm³/mol. The van der Waals surface area contributed by atoms with Crippen molar-refractivity contribution in [2.45, 2.75) is 12.3 Å². The van der Waals surface area contributed by atoms with Gasteiger partial charge in [0.05, 0.1) is 5.92 Å². The normalized spacial score (nSPS) is 11.5. The van der Waals surface area contributed by atoms with E-state index in [-0.39, 0.29) is 29.6 Å². The third-order valence-corrected chi connectivity index (χ3v) is 1.96. The van der Waals surface area contributed by atoms with Gasteiger partial charge in [-0.1, -0.05) is 30.3 Å². The van der Waals surface area contributed by atoms with Gasteiger partial charge in [0, 0.05) is 0 Å². The monoisotopic (exact) mass is 203 g/mol. The number of carboxylic acid groups (broad SMARTS) is 1. The van der Waals surface area contributed by atoms with Crippen LogP contribution in [0.3, 0.4) is 0 Å². The van der Waals surface area contributed by atoms with Gasteiger partial charge in [-0.2, -0.15) is 0 Å². The van der Waals surface area contributed by atoms with Gasteiger partial charge >= 0.3 is 35.5 Å². The molecule has 0 heterocycles. The van der Waals surface area contributed by atoms with Crippen LogP contribution < -0.4 is 5.73 Å². The zero-order chi connectivity index (χ0) is 9.68. The third kappa shape index (κ3) is 3.80. The fourth-order valence-corrected chi connectivity index (χ4v) is 1.28. The van der Waals surface area contributed by atoms with Gasteiger partial charge in [0.2, 0.25) is 0 Å². The van der Waals surface area contributed by atoms with Gasteiger partial charge in [-0.15, -0.1) is 0 Å². The fraction of sp³-hybridized carbons (Fsp3) is 0.300. The van der Waals surface area contributed by atoms with Crippen LogP contribution in [0.25, 0.3) is 0 Å². The third-order valence-electron chi connectivity index (χ3n) is 1.96. The first-order valence-electron chi connectivity index (χ1n) is 4.23. The van der Waals surface area contributed by atoms with Gasteiger partial charge in [0.25, 0.3) is 0 Å². The molecule has 0 amide bonds. The molecule has 0 aromatic heterocycles. The molecule has 0 radical (unpaired) electrons. The second kappa shape index (κ2) is 7.01. The summed E-state index contributed by atoms with van der Waals surface area (Å²) >= 11 is 0. The second-order valence-corrected chi connectivity index (χ2v) is 2.88. The van der Waals surface area contributed by atoms with Crippen LogP contribution >= 0.6 is 0 Å². The van der Waals surface area contributed by atoms with Gasteiger partial charge in [-0.3, -0.25) is 4.79 Å². The number of hydrogen-bond acceptors (Lipinski definition) is 2. The SMILES string of the molecule is NCCC(C(=O)O)c1ccccc1.[NaH]. The molecule has 3 nitrogen and oxygen atoms in total. The number of carbonyl (C=O) groups is 1. The summed E-state index contributed by atoms with van der Waals surface area (Å²) in [5.41, 5.74) is 6.16. The van der Waals surface area contributed by atoms with Gasteiger partial charge in [0.1, 0.15) is 0 Å². The van der Waals surface area contributed by atoms with Gasteiger partial charge in [-0.25, -0.2) is 0 Å². The molecule has 0 spiro atoms. The average Bonchev–Trinajstić information content (AvgIpc) is 2.15. The number of benzene rings is 1. The van der Waals surface area contributed by atoms with E-state index < -0.39 is 11.9 Å². The first kappa shape index (κ1) is 13.7. The fourth-order valence-electron chi connectivity index (χ4n) is 1.28. The predicted octanol–water partition coefficient (Wildman–Crippen LogP) is 0.555. The summed E-state index contributed by atoms with van der Waals surface area (Å²) < 4.78 is 0. The Balaban J connectivity index is 0.00000169. The summed E-state index contributed by atoms with van der Waals surface area (Å²) in [4.78, 5) is 10.8. The molecule has 4 heteroatoms. The summed E-state index contributed by atoms with van der Waals surface area (Å²) in [6.45, 7) is 0.395. The first-order chi connectivity index (χ1) is 6.25. The molecule has 1 aromatic carbocycles. The Bertz CT molecular complexity index is 277. The summed E-state index contributed by atoms with van der Waals surface area (Å²) in [6, 6.07) is 9.16. The van der Waals surface area contributed by atoms with E-state index >= 15 is 0 Å². The molecule has 0 aliphatic rings. The van der Waals surface area contributed by atoms with Crippen molar-refractivity contribution in [3.8, 4) is 0 Å². The minimum atomic E-state index is -0.809. The Labute approximate surface area is 106 Å². The molecule has 3 N–H and O–H groups in total.